The Morgan fingerprint density at radius 1 is 1.32 bits per heavy atom. The number of aromatic nitrogens is 6. The molecule has 7 rings (SSSR count). The maximum absolute atomic E-state index is 15.3. The molecule has 0 bridgehead atoms. The number of rotatable bonds is 6. The third-order valence-electron chi connectivity index (χ3n) is 9.33. The van der Waals surface area contributed by atoms with E-state index in [9.17, 15) is 9.59 Å². The van der Waals surface area contributed by atoms with E-state index in [0.29, 0.717) is 72.2 Å². The summed E-state index contributed by atoms with van der Waals surface area (Å²) in [6.07, 6.45) is 5.46. The number of amides is 1. The summed E-state index contributed by atoms with van der Waals surface area (Å²) in [4.78, 5) is 33.9. The predicted molar refractivity (Wildman–Crippen MR) is 162 cm³/mol. The number of aryl methyl sites for hydroxylation is 2. The van der Waals surface area contributed by atoms with Gasteiger partial charge < -0.3 is 25.5 Å². The van der Waals surface area contributed by atoms with Gasteiger partial charge in [0.15, 0.2) is 0 Å². The second-order valence-corrected chi connectivity index (χ2v) is 12.0. The van der Waals surface area contributed by atoms with E-state index in [2.05, 4.69) is 27.5 Å². The highest BCUT2D eigenvalue weighted by molar-refractivity contribution is 6.14. The zero-order valence-electron chi connectivity index (χ0n) is 25.1. The van der Waals surface area contributed by atoms with Crippen molar-refractivity contribution in [1.29, 1.82) is 0 Å². The summed E-state index contributed by atoms with van der Waals surface area (Å²) >= 11 is 0. The van der Waals surface area contributed by atoms with Gasteiger partial charge >= 0.3 is 11.8 Å². The molecule has 1 aliphatic heterocycles. The van der Waals surface area contributed by atoms with Crippen LogP contribution in [0.1, 0.15) is 49.8 Å². The van der Waals surface area contributed by atoms with Crippen molar-refractivity contribution in [2.24, 2.45) is 19.8 Å². The highest BCUT2D eigenvalue weighted by atomic mass is 19.1. The molecule has 4 N–H and O–H groups in total. The summed E-state index contributed by atoms with van der Waals surface area (Å²) in [6.45, 7) is 2.98. The first-order chi connectivity index (χ1) is 21.1. The normalized spacial score (nSPS) is 21.4. The van der Waals surface area contributed by atoms with E-state index in [1.807, 2.05) is 17.6 Å². The first-order valence-electron chi connectivity index (χ1n) is 14.8. The fraction of sp³-hybridized carbons (Fsp3) is 0.419. The number of hydrogen-bond donors (Lipinski definition) is 3. The summed E-state index contributed by atoms with van der Waals surface area (Å²) in [5.41, 5.74) is 11.6. The predicted octanol–water partition coefficient (Wildman–Crippen LogP) is 3.97. The van der Waals surface area contributed by atoms with Crippen LogP contribution in [0.5, 0.6) is 0 Å². The smallest absolute Gasteiger partial charge is 0.407 e. The van der Waals surface area contributed by atoms with Crippen LogP contribution in [0.15, 0.2) is 35.4 Å². The molecule has 12 nitrogen and oxygen atoms in total. The number of pyridine rings is 1. The van der Waals surface area contributed by atoms with Crippen LogP contribution in [0.3, 0.4) is 0 Å². The van der Waals surface area contributed by atoms with Gasteiger partial charge in [0.1, 0.15) is 5.65 Å². The molecular formula is C31H35FN8O4. The zero-order valence-corrected chi connectivity index (χ0v) is 25.1. The van der Waals surface area contributed by atoms with Gasteiger partial charge in [-0.1, -0.05) is 12.1 Å². The number of alkyl carbamates (subject to hydrolysis) is 1. The zero-order chi connectivity index (χ0) is 30.9. The molecule has 1 saturated carbocycles. The van der Waals surface area contributed by atoms with Crippen LogP contribution in [0.25, 0.3) is 44.5 Å². The van der Waals surface area contributed by atoms with E-state index >= 15 is 4.39 Å². The largest absolute Gasteiger partial charge is 0.453 e. The Morgan fingerprint density at radius 2 is 2.14 bits per heavy atom. The second-order valence-electron chi connectivity index (χ2n) is 12.0. The number of nitrogens with zero attached hydrogens (tertiary/aromatic N) is 5. The van der Waals surface area contributed by atoms with Crippen LogP contribution in [-0.2, 0) is 35.8 Å². The second kappa shape index (κ2) is 10.3. The number of ether oxygens (including phenoxy) is 2. The molecule has 44 heavy (non-hydrogen) atoms. The Kier molecular flexibility index (Phi) is 6.63. The molecule has 1 amide bonds. The summed E-state index contributed by atoms with van der Waals surface area (Å²) < 4.78 is 31.2. The number of carbonyl (C=O) groups is 1. The molecular weight excluding hydrogens is 567 g/mol. The van der Waals surface area contributed by atoms with Crippen molar-refractivity contribution in [3.63, 3.8) is 0 Å². The van der Waals surface area contributed by atoms with Crippen LogP contribution < -0.4 is 16.7 Å². The standard InChI is InChI=1S/C31H35FN8O4/c1-31(9-10-33)21-8-5-16(11-17(21)15-44-31)23-24-26-22(13-34-28(24)36-25(23)20-14-38(2)37-27(20)32)39(3)30(42)40(26)19-7-6-18(12-19)35-29(41)43-4/h5,8,11,13-14,18-19H,6-7,9-10,12,15,33H2,1-4H3,(H,34,36)(H,35,41)/t18-,19-,31?/m1/s1. The highest BCUT2D eigenvalue weighted by Gasteiger charge is 2.36. The number of carbonyl (C=O) groups excluding carboxylic acids is 1. The summed E-state index contributed by atoms with van der Waals surface area (Å²) in [5, 5.41) is 7.56. The lowest BCUT2D eigenvalue weighted by Crippen LogP contribution is -2.33. The molecule has 4 aromatic heterocycles. The van der Waals surface area contributed by atoms with E-state index in [1.54, 1.807) is 31.1 Å². The minimum Gasteiger partial charge on any atom is -0.453 e. The number of imidazole rings is 1. The first-order valence-corrected chi connectivity index (χ1v) is 14.8. The van der Waals surface area contributed by atoms with Crippen LogP contribution in [0, 0.1) is 5.95 Å². The Hall–Kier alpha value is -4.49. The minimum absolute atomic E-state index is 0.128. The summed E-state index contributed by atoms with van der Waals surface area (Å²) in [6, 6.07) is 5.84. The Balaban J connectivity index is 1.49. The molecule has 13 heteroatoms. The van der Waals surface area contributed by atoms with Gasteiger partial charge in [-0.15, -0.1) is 5.10 Å². The number of nitrogens with one attached hydrogen (secondary N) is 2. The van der Waals surface area contributed by atoms with E-state index in [-0.39, 0.29) is 17.8 Å². The topological polar surface area (TPSA) is 147 Å². The average molecular weight is 603 g/mol. The molecule has 1 unspecified atom stereocenters. The summed E-state index contributed by atoms with van der Waals surface area (Å²) in [5.74, 6) is -0.616. The van der Waals surface area contributed by atoms with Crippen molar-refractivity contribution in [3.05, 3.63) is 58.2 Å². The number of aromatic amines is 1. The van der Waals surface area contributed by atoms with Gasteiger partial charge in [0, 0.05) is 37.9 Å². The van der Waals surface area contributed by atoms with E-state index < -0.39 is 17.6 Å². The lowest BCUT2D eigenvalue weighted by atomic mass is 9.88. The van der Waals surface area contributed by atoms with Crippen molar-refractivity contribution in [2.45, 2.75) is 56.9 Å². The first kappa shape index (κ1) is 28.3. The third kappa shape index (κ3) is 4.25. The molecule has 5 heterocycles. The molecule has 1 aromatic carbocycles. The number of nitrogens with two attached hydrogens (primary N) is 1. The van der Waals surface area contributed by atoms with E-state index in [1.165, 1.54) is 11.8 Å². The van der Waals surface area contributed by atoms with Gasteiger partial charge in [-0.25, -0.2) is 14.6 Å². The van der Waals surface area contributed by atoms with Crippen molar-refractivity contribution in [3.8, 4) is 22.4 Å². The quantitative estimate of drug-likeness (QED) is 0.267. The SMILES string of the molecule is COC(=O)N[C@@H]1CC[C@@H](n2c(=O)n(C)c3cnc4[nH]c(-c5cn(C)nc5F)c(-c5ccc6c(c5)COC6(C)CCN)c4c32)C1. The van der Waals surface area contributed by atoms with E-state index in [4.69, 9.17) is 20.2 Å². The van der Waals surface area contributed by atoms with Crippen LogP contribution in [-0.4, -0.2) is 54.7 Å². The van der Waals surface area contributed by atoms with Crippen molar-refractivity contribution >= 4 is 28.2 Å². The third-order valence-corrected chi connectivity index (χ3v) is 9.33. The maximum atomic E-state index is 15.3. The fourth-order valence-electron chi connectivity index (χ4n) is 7.17. The number of methoxy groups -OCH3 is 1. The minimum atomic E-state index is -0.616. The van der Waals surface area contributed by atoms with Gasteiger partial charge in [-0.2, -0.15) is 4.39 Å². The van der Waals surface area contributed by atoms with Crippen molar-refractivity contribution in [2.75, 3.05) is 13.7 Å². The molecule has 1 aliphatic carbocycles. The average Bonchev–Trinajstić information content (AvgIpc) is 3.80. The molecule has 0 saturated heterocycles. The molecule has 3 atom stereocenters. The maximum Gasteiger partial charge on any atom is 0.407 e. The van der Waals surface area contributed by atoms with Crippen LogP contribution in [0.2, 0.25) is 0 Å². The molecule has 230 valence electrons. The lowest BCUT2D eigenvalue weighted by Gasteiger charge is -2.24. The van der Waals surface area contributed by atoms with Crippen molar-refractivity contribution in [1.82, 2.24) is 34.2 Å². The number of benzene rings is 1. The monoisotopic (exact) mass is 602 g/mol. The Morgan fingerprint density at radius 3 is 2.86 bits per heavy atom. The number of H-pyrrole nitrogens is 1. The van der Waals surface area contributed by atoms with Crippen molar-refractivity contribution < 1.29 is 18.7 Å². The molecule has 1 fully saturated rings. The van der Waals surface area contributed by atoms with Gasteiger partial charge in [0.25, 0.3) is 0 Å². The molecule has 5 aromatic rings. The number of halogens is 1. The molecule has 2 aliphatic rings. The van der Waals surface area contributed by atoms with Gasteiger partial charge in [-0.3, -0.25) is 13.8 Å². The van der Waals surface area contributed by atoms with E-state index in [0.717, 1.165) is 22.3 Å². The molecule has 0 radical (unpaired) electrons. The van der Waals surface area contributed by atoms with Gasteiger partial charge in [0.05, 0.1) is 53.2 Å². The van der Waals surface area contributed by atoms with Gasteiger partial charge in [-0.05, 0) is 61.9 Å². The lowest BCUT2D eigenvalue weighted by molar-refractivity contribution is -0.0276. The molecule has 0 spiro atoms. The number of fused-ring (bicyclic) bond motifs is 4. The highest BCUT2D eigenvalue weighted by Crippen LogP contribution is 2.46. The fourth-order valence-corrected chi connectivity index (χ4v) is 7.17. The van der Waals surface area contributed by atoms with Crippen LogP contribution in [0.4, 0.5) is 9.18 Å². The van der Waals surface area contributed by atoms with Gasteiger partial charge in [0.2, 0.25) is 5.95 Å². The van der Waals surface area contributed by atoms with Crippen LogP contribution >= 0.6 is 0 Å². The summed E-state index contributed by atoms with van der Waals surface area (Å²) in [7, 11) is 4.73. The number of hydrogen-bond acceptors (Lipinski definition) is 7. The Labute approximate surface area is 251 Å². The Bertz CT molecular complexity index is 2010.